The molecule has 2 heterocycles. The Morgan fingerprint density at radius 2 is 1.95 bits per heavy atom. The van der Waals surface area contributed by atoms with Crippen molar-refractivity contribution in [1.29, 1.82) is 0 Å². The number of carbonyl (C=O) groups excluding carboxylic acids is 2. The molecule has 1 aromatic carbocycles. The first kappa shape index (κ1) is 14.4. The highest BCUT2D eigenvalue weighted by molar-refractivity contribution is 7.20. The lowest BCUT2D eigenvalue weighted by molar-refractivity contribution is 0.0596. The van der Waals surface area contributed by atoms with Crippen LogP contribution < -0.4 is 5.73 Å². The molecule has 2 N–H and O–H groups in total. The van der Waals surface area contributed by atoms with Gasteiger partial charge in [0.15, 0.2) is 0 Å². The number of halogens is 2. The molecule has 7 heteroatoms. The summed E-state index contributed by atoms with van der Waals surface area (Å²) < 4.78 is 0.981. The maximum absolute atomic E-state index is 12.5. The quantitative estimate of drug-likeness (QED) is 0.663. The number of nitrogens with zero attached hydrogens (tertiary/aromatic N) is 1. The van der Waals surface area contributed by atoms with E-state index in [4.69, 9.17) is 28.9 Å². The number of hydrogen-bond acceptors (Lipinski definition) is 4. The van der Waals surface area contributed by atoms with Crippen LogP contribution in [0.2, 0.25) is 8.67 Å². The Morgan fingerprint density at radius 3 is 2.52 bits per heavy atom. The number of amides is 2. The van der Waals surface area contributed by atoms with Crippen LogP contribution in [0.15, 0.2) is 24.3 Å². The van der Waals surface area contributed by atoms with E-state index in [1.165, 1.54) is 16.2 Å². The molecule has 21 heavy (non-hydrogen) atoms. The highest BCUT2D eigenvalue weighted by Gasteiger charge is 2.40. The Balaban J connectivity index is 2.06. The summed E-state index contributed by atoms with van der Waals surface area (Å²) in [4.78, 5) is 26.2. The molecule has 1 unspecified atom stereocenters. The fourth-order valence-corrected chi connectivity index (χ4v) is 4.09. The van der Waals surface area contributed by atoms with Crippen LogP contribution in [-0.4, -0.2) is 16.7 Å². The van der Waals surface area contributed by atoms with Gasteiger partial charge in [-0.05, 0) is 25.1 Å². The van der Waals surface area contributed by atoms with Crippen LogP contribution in [0.5, 0.6) is 0 Å². The molecular weight excluding hydrogens is 331 g/mol. The maximum atomic E-state index is 12.5. The number of imide groups is 1. The van der Waals surface area contributed by atoms with Crippen molar-refractivity contribution < 1.29 is 9.59 Å². The van der Waals surface area contributed by atoms with Crippen molar-refractivity contribution in [2.24, 2.45) is 0 Å². The second-order valence-corrected chi connectivity index (χ2v) is 6.99. The lowest BCUT2D eigenvalue weighted by atomic mass is 10.1. The van der Waals surface area contributed by atoms with Crippen molar-refractivity contribution in [3.63, 3.8) is 0 Å². The van der Waals surface area contributed by atoms with Crippen LogP contribution >= 0.6 is 34.5 Å². The number of benzene rings is 1. The Labute approximate surface area is 135 Å². The molecule has 0 spiro atoms. The fourth-order valence-electron chi connectivity index (χ4n) is 2.46. The molecule has 1 aromatic heterocycles. The highest BCUT2D eigenvalue weighted by Crippen LogP contribution is 2.40. The van der Waals surface area contributed by atoms with Crippen LogP contribution in [0.3, 0.4) is 0 Å². The Kier molecular flexibility index (Phi) is 3.43. The van der Waals surface area contributed by atoms with Gasteiger partial charge in [-0.25, -0.2) is 0 Å². The lowest BCUT2D eigenvalue weighted by Crippen LogP contribution is -2.32. The largest absolute Gasteiger partial charge is 0.398 e. The van der Waals surface area contributed by atoms with E-state index in [0.717, 1.165) is 0 Å². The predicted octanol–water partition coefficient (Wildman–Crippen LogP) is 3.99. The third-order valence-electron chi connectivity index (χ3n) is 3.50. The van der Waals surface area contributed by atoms with Gasteiger partial charge in [0.2, 0.25) is 0 Å². The van der Waals surface area contributed by atoms with Crippen molar-refractivity contribution in [2.75, 3.05) is 5.73 Å². The number of nitrogens with two attached hydrogens (primary N) is 1. The molecular formula is C14H10Cl2N2O2S. The number of rotatable bonds is 2. The monoisotopic (exact) mass is 340 g/mol. The van der Waals surface area contributed by atoms with Crippen molar-refractivity contribution >= 4 is 52.0 Å². The first-order chi connectivity index (χ1) is 9.91. The van der Waals surface area contributed by atoms with Gasteiger partial charge in [-0.15, -0.1) is 11.3 Å². The van der Waals surface area contributed by atoms with Crippen molar-refractivity contribution in [3.05, 3.63) is 49.6 Å². The molecule has 1 atom stereocenters. The Morgan fingerprint density at radius 1 is 1.24 bits per heavy atom. The number of hydrogen-bond donors (Lipinski definition) is 1. The summed E-state index contributed by atoms with van der Waals surface area (Å²) in [6.07, 6.45) is 0. The minimum atomic E-state index is -0.506. The van der Waals surface area contributed by atoms with E-state index in [9.17, 15) is 9.59 Å². The van der Waals surface area contributed by atoms with Gasteiger partial charge in [0, 0.05) is 11.3 Å². The highest BCUT2D eigenvalue weighted by atomic mass is 35.5. The van der Waals surface area contributed by atoms with Gasteiger partial charge in [-0.3, -0.25) is 14.5 Å². The first-order valence-corrected chi connectivity index (χ1v) is 7.70. The van der Waals surface area contributed by atoms with Crippen molar-refractivity contribution in [1.82, 2.24) is 4.90 Å². The third-order valence-corrected chi connectivity index (χ3v) is 5.02. The molecule has 0 aliphatic carbocycles. The van der Waals surface area contributed by atoms with Gasteiger partial charge in [-0.2, -0.15) is 0 Å². The number of nitrogen functional groups attached to an aromatic ring is 1. The second-order valence-electron chi connectivity index (χ2n) is 4.71. The third kappa shape index (κ3) is 2.12. The molecule has 0 saturated carbocycles. The fraction of sp³-hybridized carbons (Fsp3) is 0.143. The van der Waals surface area contributed by atoms with E-state index in [2.05, 4.69) is 0 Å². The molecule has 1 aliphatic heterocycles. The van der Waals surface area contributed by atoms with E-state index in [1.54, 1.807) is 31.2 Å². The van der Waals surface area contributed by atoms with Gasteiger partial charge in [0.25, 0.3) is 11.8 Å². The SMILES string of the molecule is CC(c1cc(Cl)sc1Cl)N1C(=O)c2cccc(N)c2C1=O. The summed E-state index contributed by atoms with van der Waals surface area (Å²) in [7, 11) is 0. The van der Waals surface area contributed by atoms with Crippen LogP contribution in [-0.2, 0) is 0 Å². The second kappa shape index (κ2) is 5.02. The standard InChI is InChI=1S/C14H10Cl2N2O2S/c1-6(8-5-10(15)21-12(8)16)18-13(19)7-3-2-4-9(17)11(7)14(18)20/h2-6H,17H2,1H3. The minimum Gasteiger partial charge on any atom is -0.398 e. The lowest BCUT2D eigenvalue weighted by Gasteiger charge is -2.22. The molecule has 0 bridgehead atoms. The van der Waals surface area contributed by atoms with Crippen LogP contribution in [0.25, 0.3) is 0 Å². The molecule has 0 fully saturated rings. The maximum Gasteiger partial charge on any atom is 0.264 e. The van der Waals surface area contributed by atoms with Crippen molar-refractivity contribution in [3.8, 4) is 0 Å². The Bertz CT molecular complexity index is 772. The smallest absolute Gasteiger partial charge is 0.264 e. The molecule has 2 amide bonds. The zero-order valence-corrected chi connectivity index (χ0v) is 13.2. The van der Waals surface area contributed by atoms with Gasteiger partial charge >= 0.3 is 0 Å². The molecule has 1 aliphatic rings. The van der Waals surface area contributed by atoms with Gasteiger partial charge < -0.3 is 5.73 Å². The zero-order valence-electron chi connectivity index (χ0n) is 10.9. The summed E-state index contributed by atoms with van der Waals surface area (Å²) in [5.41, 5.74) is 7.35. The van der Waals surface area contributed by atoms with E-state index in [0.29, 0.717) is 25.5 Å². The first-order valence-electron chi connectivity index (χ1n) is 6.13. The van der Waals surface area contributed by atoms with E-state index < -0.39 is 11.9 Å². The van der Waals surface area contributed by atoms with Crippen LogP contribution in [0.4, 0.5) is 5.69 Å². The summed E-state index contributed by atoms with van der Waals surface area (Å²) >= 11 is 13.2. The number of thiophene rings is 1. The Hall–Kier alpha value is -1.56. The number of carbonyl (C=O) groups is 2. The van der Waals surface area contributed by atoms with Gasteiger partial charge in [-0.1, -0.05) is 29.3 Å². The summed E-state index contributed by atoms with van der Waals surface area (Å²) in [5.74, 6) is -0.771. The average molecular weight is 341 g/mol. The zero-order chi connectivity index (χ0) is 15.3. The predicted molar refractivity (Wildman–Crippen MR) is 84.1 cm³/mol. The van der Waals surface area contributed by atoms with Crippen molar-refractivity contribution in [2.45, 2.75) is 13.0 Å². The van der Waals surface area contributed by atoms with Crippen LogP contribution in [0.1, 0.15) is 39.2 Å². The molecule has 108 valence electrons. The van der Waals surface area contributed by atoms with Gasteiger partial charge in [0.05, 0.1) is 25.8 Å². The van der Waals surface area contributed by atoms with Gasteiger partial charge in [0.1, 0.15) is 0 Å². The topological polar surface area (TPSA) is 63.4 Å². The summed E-state index contributed by atoms with van der Waals surface area (Å²) in [5, 5.41) is 0. The van der Waals surface area contributed by atoms with E-state index in [1.807, 2.05) is 0 Å². The normalized spacial score (nSPS) is 15.5. The molecule has 2 aromatic rings. The molecule has 4 nitrogen and oxygen atoms in total. The van der Waals surface area contributed by atoms with Crippen LogP contribution in [0, 0.1) is 0 Å². The van der Waals surface area contributed by atoms with E-state index in [-0.39, 0.29) is 11.5 Å². The van der Waals surface area contributed by atoms with E-state index >= 15 is 0 Å². The minimum absolute atomic E-state index is 0.256. The number of anilines is 1. The average Bonchev–Trinajstić information content (AvgIpc) is 2.88. The summed E-state index contributed by atoms with van der Waals surface area (Å²) in [6, 6.07) is 6.02. The molecule has 3 rings (SSSR count). The molecule has 0 saturated heterocycles. The molecule has 0 radical (unpaired) electrons. The summed E-state index contributed by atoms with van der Waals surface area (Å²) in [6.45, 7) is 1.74. The number of fused-ring (bicyclic) bond motifs is 1.